The van der Waals surface area contributed by atoms with Gasteiger partial charge < -0.3 is 0 Å². The third-order valence-electron chi connectivity index (χ3n) is 5.40. The Hall–Kier alpha value is -1.08. The second-order valence-electron chi connectivity index (χ2n) is 8.36. The van der Waals surface area contributed by atoms with E-state index in [-0.39, 0.29) is 0 Å². The van der Waals surface area contributed by atoms with Crippen LogP contribution in [0.25, 0.3) is 0 Å². The molecule has 0 aliphatic rings. The van der Waals surface area contributed by atoms with Crippen LogP contribution in [0.15, 0.2) is 48.5 Å². The van der Waals surface area contributed by atoms with Gasteiger partial charge in [0, 0.05) is 5.33 Å². The lowest BCUT2D eigenvalue weighted by atomic mass is 9.73. The molecular formula is C24H33Br. The van der Waals surface area contributed by atoms with Crippen LogP contribution >= 0.6 is 15.9 Å². The van der Waals surface area contributed by atoms with Crippen LogP contribution in [-0.4, -0.2) is 0 Å². The molecular weight excluding hydrogens is 368 g/mol. The highest BCUT2D eigenvalue weighted by Gasteiger charge is 2.26. The normalized spacial score (nSPS) is 14.3. The van der Waals surface area contributed by atoms with Gasteiger partial charge >= 0.3 is 0 Å². The zero-order chi connectivity index (χ0) is 18.4. The first-order chi connectivity index (χ1) is 11.8. The predicted molar refractivity (Wildman–Crippen MR) is 115 cm³/mol. The van der Waals surface area contributed by atoms with Crippen molar-refractivity contribution in [2.45, 2.75) is 71.0 Å². The summed E-state index contributed by atoms with van der Waals surface area (Å²) in [6.45, 7) is 11.7. The van der Waals surface area contributed by atoms with Crippen molar-refractivity contribution in [3.05, 3.63) is 70.8 Å². The molecule has 2 rings (SSSR count). The summed E-state index contributed by atoms with van der Waals surface area (Å²) in [7, 11) is 0. The van der Waals surface area contributed by atoms with E-state index >= 15 is 0 Å². The van der Waals surface area contributed by atoms with Crippen molar-refractivity contribution in [3.63, 3.8) is 0 Å². The van der Waals surface area contributed by atoms with Crippen molar-refractivity contribution in [1.82, 2.24) is 0 Å². The van der Waals surface area contributed by atoms with Crippen LogP contribution in [0.5, 0.6) is 0 Å². The summed E-state index contributed by atoms with van der Waals surface area (Å²) in [6.07, 6.45) is 3.68. The SMILES string of the molecule is CCC(CC(C)(C)CC(C)c1ccc(C)cc1)c1ccc(CBr)cc1. The minimum atomic E-state index is 0.332. The Kier molecular flexibility index (Phi) is 7.31. The molecule has 136 valence electrons. The summed E-state index contributed by atoms with van der Waals surface area (Å²) < 4.78 is 0. The molecule has 0 saturated carbocycles. The average molecular weight is 401 g/mol. The van der Waals surface area contributed by atoms with E-state index in [1.165, 1.54) is 41.5 Å². The largest absolute Gasteiger partial charge is 0.0876 e. The first-order valence-electron chi connectivity index (χ1n) is 9.56. The van der Waals surface area contributed by atoms with E-state index in [9.17, 15) is 0 Å². The molecule has 0 aliphatic carbocycles. The molecule has 0 aromatic heterocycles. The standard InChI is InChI=1S/C24H33Br/c1-6-21(23-13-9-20(17-25)10-14-23)16-24(4,5)15-19(3)22-11-7-18(2)8-12-22/h7-14,19,21H,6,15-17H2,1-5H3. The predicted octanol–water partition coefficient (Wildman–Crippen LogP) is 7.99. The van der Waals surface area contributed by atoms with Gasteiger partial charge in [-0.2, -0.15) is 0 Å². The summed E-state index contributed by atoms with van der Waals surface area (Å²) in [6, 6.07) is 18.2. The number of benzene rings is 2. The molecule has 0 nitrogen and oxygen atoms in total. The molecule has 2 aromatic carbocycles. The van der Waals surface area contributed by atoms with E-state index in [2.05, 4.69) is 99.1 Å². The number of alkyl halides is 1. The van der Waals surface area contributed by atoms with Crippen molar-refractivity contribution in [2.24, 2.45) is 5.41 Å². The highest BCUT2D eigenvalue weighted by molar-refractivity contribution is 9.08. The van der Waals surface area contributed by atoms with Gasteiger partial charge in [0.15, 0.2) is 0 Å². The molecule has 2 unspecified atom stereocenters. The van der Waals surface area contributed by atoms with Crippen LogP contribution in [0.1, 0.15) is 81.0 Å². The summed E-state index contributed by atoms with van der Waals surface area (Å²) in [5.41, 5.74) is 5.98. The van der Waals surface area contributed by atoms with Gasteiger partial charge in [0.05, 0.1) is 0 Å². The zero-order valence-electron chi connectivity index (χ0n) is 16.5. The van der Waals surface area contributed by atoms with E-state index in [1.807, 2.05) is 0 Å². The number of rotatable bonds is 8. The second-order valence-corrected chi connectivity index (χ2v) is 8.93. The highest BCUT2D eigenvalue weighted by Crippen LogP contribution is 2.40. The molecule has 0 bridgehead atoms. The fourth-order valence-corrected chi connectivity index (χ4v) is 4.34. The molecule has 1 heteroatoms. The Morgan fingerprint density at radius 2 is 1.44 bits per heavy atom. The van der Waals surface area contributed by atoms with Crippen LogP contribution in [0.4, 0.5) is 0 Å². The van der Waals surface area contributed by atoms with Crippen LogP contribution in [0.2, 0.25) is 0 Å². The van der Waals surface area contributed by atoms with Crippen molar-refractivity contribution in [1.29, 1.82) is 0 Å². The van der Waals surface area contributed by atoms with E-state index in [4.69, 9.17) is 0 Å². The maximum absolute atomic E-state index is 3.54. The van der Waals surface area contributed by atoms with Crippen molar-refractivity contribution < 1.29 is 0 Å². The summed E-state index contributed by atoms with van der Waals surface area (Å²) in [4.78, 5) is 0. The van der Waals surface area contributed by atoms with Crippen LogP contribution < -0.4 is 0 Å². The van der Waals surface area contributed by atoms with E-state index < -0.39 is 0 Å². The Labute approximate surface area is 163 Å². The van der Waals surface area contributed by atoms with Crippen molar-refractivity contribution in [3.8, 4) is 0 Å². The average Bonchev–Trinajstić information content (AvgIpc) is 2.60. The van der Waals surface area contributed by atoms with Crippen molar-refractivity contribution >= 4 is 15.9 Å². The van der Waals surface area contributed by atoms with Crippen LogP contribution in [-0.2, 0) is 5.33 Å². The number of hydrogen-bond donors (Lipinski definition) is 0. The molecule has 25 heavy (non-hydrogen) atoms. The van der Waals surface area contributed by atoms with Gasteiger partial charge in [-0.25, -0.2) is 0 Å². The van der Waals surface area contributed by atoms with E-state index in [1.54, 1.807) is 0 Å². The van der Waals surface area contributed by atoms with Crippen molar-refractivity contribution in [2.75, 3.05) is 0 Å². The van der Waals surface area contributed by atoms with Crippen LogP contribution in [0, 0.1) is 12.3 Å². The second kappa shape index (κ2) is 9.03. The lowest BCUT2D eigenvalue weighted by Crippen LogP contribution is -2.18. The van der Waals surface area contributed by atoms with Gasteiger partial charge in [-0.3, -0.25) is 0 Å². The third kappa shape index (κ3) is 5.99. The van der Waals surface area contributed by atoms with Gasteiger partial charge in [0.2, 0.25) is 0 Å². The Balaban J connectivity index is 2.05. The van der Waals surface area contributed by atoms with Gasteiger partial charge in [-0.15, -0.1) is 0 Å². The Bertz CT molecular complexity index is 637. The minimum Gasteiger partial charge on any atom is -0.0876 e. The first-order valence-corrected chi connectivity index (χ1v) is 10.7. The molecule has 0 spiro atoms. The van der Waals surface area contributed by atoms with E-state index in [0.29, 0.717) is 17.3 Å². The lowest BCUT2D eigenvalue weighted by molar-refractivity contribution is 0.260. The van der Waals surface area contributed by atoms with Gasteiger partial charge in [-0.05, 0) is 60.1 Å². The molecule has 0 amide bonds. The molecule has 0 aliphatic heterocycles. The molecule has 0 N–H and O–H groups in total. The summed E-state index contributed by atoms with van der Waals surface area (Å²) in [5.74, 6) is 1.24. The lowest BCUT2D eigenvalue weighted by Gasteiger charge is -2.32. The molecule has 0 saturated heterocycles. The smallest absolute Gasteiger partial charge is 0.0283 e. The quantitative estimate of drug-likeness (QED) is 0.393. The maximum atomic E-state index is 3.54. The highest BCUT2D eigenvalue weighted by atomic mass is 79.9. The monoisotopic (exact) mass is 400 g/mol. The minimum absolute atomic E-state index is 0.332. The topological polar surface area (TPSA) is 0 Å². The number of aryl methyl sites for hydroxylation is 1. The fraction of sp³-hybridized carbons (Fsp3) is 0.500. The van der Waals surface area contributed by atoms with E-state index in [0.717, 1.165) is 5.33 Å². The van der Waals surface area contributed by atoms with Crippen LogP contribution in [0.3, 0.4) is 0 Å². The van der Waals surface area contributed by atoms with Gasteiger partial charge in [0.25, 0.3) is 0 Å². The Morgan fingerprint density at radius 1 is 0.880 bits per heavy atom. The molecule has 2 aromatic rings. The first kappa shape index (κ1) is 20.2. The van der Waals surface area contributed by atoms with Gasteiger partial charge in [0.1, 0.15) is 0 Å². The molecule has 0 heterocycles. The number of halogens is 1. The molecule has 0 fully saturated rings. The maximum Gasteiger partial charge on any atom is 0.0283 e. The fourth-order valence-electron chi connectivity index (χ4n) is 3.97. The summed E-state index contributed by atoms with van der Waals surface area (Å²) >= 11 is 3.54. The third-order valence-corrected chi connectivity index (χ3v) is 6.05. The van der Waals surface area contributed by atoms with Gasteiger partial charge in [-0.1, -0.05) is 97.7 Å². The summed E-state index contributed by atoms with van der Waals surface area (Å²) in [5, 5.41) is 0.934. The Morgan fingerprint density at radius 3 is 1.96 bits per heavy atom. The number of hydrogen-bond acceptors (Lipinski definition) is 0. The molecule has 0 radical (unpaired) electrons. The zero-order valence-corrected chi connectivity index (χ0v) is 18.1. The molecule has 2 atom stereocenters.